The van der Waals surface area contributed by atoms with E-state index in [2.05, 4.69) is 6.92 Å². The van der Waals surface area contributed by atoms with Gasteiger partial charge in [-0.3, -0.25) is 0 Å². The van der Waals surface area contributed by atoms with E-state index < -0.39 is 15.6 Å². The predicted molar refractivity (Wildman–Crippen MR) is 68.3 cm³/mol. The summed E-state index contributed by atoms with van der Waals surface area (Å²) in [6.07, 6.45) is 2.39. The third-order valence-electron chi connectivity index (χ3n) is 3.15. The van der Waals surface area contributed by atoms with Crippen LogP contribution in [-0.2, 0) is 14.8 Å². The summed E-state index contributed by atoms with van der Waals surface area (Å²) in [5, 5.41) is 0. The van der Waals surface area contributed by atoms with Gasteiger partial charge in [0, 0.05) is 19.6 Å². The third-order valence-corrected chi connectivity index (χ3v) is 5.17. The average Bonchev–Trinajstić information content (AvgIpc) is 2.30. The molecule has 0 aromatic carbocycles. The highest BCUT2D eigenvalue weighted by atomic mass is 32.2. The summed E-state index contributed by atoms with van der Waals surface area (Å²) in [5.41, 5.74) is 5.28. The van der Waals surface area contributed by atoms with Crippen LogP contribution in [0, 0.1) is 0 Å². The highest BCUT2D eigenvalue weighted by molar-refractivity contribution is 7.89. The zero-order valence-electron chi connectivity index (χ0n) is 10.8. The molecule has 1 unspecified atom stereocenters. The minimum atomic E-state index is -3.14. The Labute approximate surface area is 104 Å². The van der Waals surface area contributed by atoms with Crippen LogP contribution < -0.4 is 5.73 Å². The lowest BCUT2D eigenvalue weighted by molar-refractivity contribution is -0.0879. The fourth-order valence-electron chi connectivity index (χ4n) is 2.27. The van der Waals surface area contributed by atoms with E-state index in [1.807, 2.05) is 6.92 Å². The Balaban J connectivity index is 2.78. The van der Waals surface area contributed by atoms with Crippen molar-refractivity contribution in [3.05, 3.63) is 0 Å². The standard InChI is InChI=1S/C11H24N2O3S/c1-3-5-11(9-12)10-13(6-7-16-11)17(14,15)8-4-2/h3-10,12H2,1-2H3. The van der Waals surface area contributed by atoms with Crippen LogP contribution in [0.25, 0.3) is 0 Å². The Morgan fingerprint density at radius 3 is 2.59 bits per heavy atom. The van der Waals surface area contributed by atoms with Gasteiger partial charge in [-0.2, -0.15) is 4.31 Å². The molecule has 1 saturated heterocycles. The second-order valence-electron chi connectivity index (χ2n) is 4.64. The molecular weight excluding hydrogens is 240 g/mol. The molecule has 0 bridgehead atoms. The van der Waals surface area contributed by atoms with Gasteiger partial charge in [0.2, 0.25) is 10.0 Å². The van der Waals surface area contributed by atoms with Gasteiger partial charge in [-0.25, -0.2) is 8.42 Å². The van der Waals surface area contributed by atoms with E-state index >= 15 is 0 Å². The molecule has 0 spiro atoms. The van der Waals surface area contributed by atoms with Gasteiger partial charge in [0.25, 0.3) is 0 Å². The molecule has 102 valence electrons. The van der Waals surface area contributed by atoms with Crippen LogP contribution >= 0.6 is 0 Å². The first-order valence-electron chi connectivity index (χ1n) is 6.31. The zero-order chi connectivity index (χ0) is 12.9. The number of morpholine rings is 1. The monoisotopic (exact) mass is 264 g/mol. The molecule has 0 amide bonds. The molecule has 0 aliphatic carbocycles. The highest BCUT2D eigenvalue weighted by Crippen LogP contribution is 2.24. The number of ether oxygens (including phenoxy) is 1. The predicted octanol–water partition coefficient (Wildman–Crippen LogP) is 0.556. The van der Waals surface area contributed by atoms with E-state index in [0.29, 0.717) is 32.7 Å². The summed E-state index contributed by atoms with van der Waals surface area (Å²) >= 11 is 0. The Morgan fingerprint density at radius 2 is 2.06 bits per heavy atom. The molecule has 1 rings (SSSR count). The Hall–Kier alpha value is -0.170. The molecule has 1 atom stereocenters. The first-order valence-corrected chi connectivity index (χ1v) is 7.92. The number of nitrogens with zero attached hydrogens (tertiary/aromatic N) is 1. The average molecular weight is 264 g/mol. The first kappa shape index (κ1) is 14.9. The highest BCUT2D eigenvalue weighted by Gasteiger charge is 2.38. The van der Waals surface area contributed by atoms with E-state index in [1.54, 1.807) is 4.31 Å². The van der Waals surface area contributed by atoms with Gasteiger partial charge < -0.3 is 10.5 Å². The van der Waals surface area contributed by atoms with Crippen molar-refractivity contribution >= 4 is 10.0 Å². The molecule has 5 nitrogen and oxygen atoms in total. The Bertz CT molecular complexity index is 328. The second-order valence-corrected chi connectivity index (χ2v) is 6.72. The summed E-state index contributed by atoms with van der Waals surface area (Å²) in [6, 6.07) is 0. The van der Waals surface area contributed by atoms with Gasteiger partial charge in [0.1, 0.15) is 0 Å². The van der Waals surface area contributed by atoms with Gasteiger partial charge >= 0.3 is 0 Å². The number of nitrogens with two attached hydrogens (primary N) is 1. The van der Waals surface area contributed by atoms with E-state index in [0.717, 1.165) is 12.8 Å². The summed E-state index contributed by atoms with van der Waals surface area (Å²) in [6.45, 7) is 5.60. The fourth-order valence-corrected chi connectivity index (χ4v) is 3.83. The number of sulfonamides is 1. The normalized spacial score (nSPS) is 27.2. The van der Waals surface area contributed by atoms with Crippen molar-refractivity contribution in [2.45, 2.75) is 38.7 Å². The smallest absolute Gasteiger partial charge is 0.214 e. The van der Waals surface area contributed by atoms with Crippen molar-refractivity contribution in [2.24, 2.45) is 5.73 Å². The minimum Gasteiger partial charge on any atom is -0.371 e. The maximum Gasteiger partial charge on any atom is 0.214 e. The van der Waals surface area contributed by atoms with Crippen LogP contribution in [0.5, 0.6) is 0 Å². The quantitative estimate of drug-likeness (QED) is 0.760. The topological polar surface area (TPSA) is 72.6 Å². The number of rotatable bonds is 6. The van der Waals surface area contributed by atoms with Crippen molar-refractivity contribution in [1.82, 2.24) is 4.31 Å². The maximum atomic E-state index is 12.0. The summed E-state index contributed by atoms with van der Waals surface area (Å²) in [4.78, 5) is 0. The van der Waals surface area contributed by atoms with Gasteiger partial charge in [0.05, 0.1) is 18.0 Å². The van der Waals surface area contributed by atoms with Crippen molar-refractivity contribution in [3.8, 4) is 0 Å². The van der Waals surface area contributed by atoms with Crippen molar-refractivity contribution in [1.29, 1.82) is 0 Å². The molecule has 0 aromatic heterocycles. The van der Waals surface area contributed by atoms with E-state index in [-0.39, 0.29) is 5.75 Å². The molecule has 6 heteroatoms. The van der Waals surface area contributed by atoms with Gasteiger partial charge in [-0.1, -0.05) is 20.3 Å². The summed E-state index contributed by atoms with van der Waals surface area (Å²) in [7, 11) is -3.14. The van der Waals surface area contributed by atoms with Crippen molar-refractivity contribution < 1.29 is 13.2 Å². The van der Waals surface area contributed by atoms with Crippen LogP contribution in [0.15, 0.2) is 0 Å². The Kier molecular flexibility index (Phi) is 5.37. The fraction of sp³-hybridized carbons (Fsp3) is 1.00. The largest absolute Gasteiger partial charge is 0.371 e. The van der Waals surface area contributed by atoms with Gasteiger partial charge in [0.15, 0.2) is 0 Å². The van der Waals surface area contributed by atoms with Crippen LogP contribution in [0.1, 0.15) is 33.1 Å². The maximum absolute atomic E-state index is 12.0. The lowest BCUT2D eigenvalue weighted by Crippen LogP contribution is -2.57. The number of hydrogen-bond donors (Lipinski definition) is 1. The summed E-state index contributed by atoms with van der Waals surface area (Å²) in [5.74, 6) is 0.208. The van der Waals surface area contributed by atoms with Gasteiger partial charge in [-0.05, 0) is 12.8 Å². The second kappa shape index (κ2) is 6.13. The van der Waals surface area contributed by atoms with Crippen LogP contribution in [-0.4, -0.2) is 50.3 Å². The molecule has 17 heavy (non-hydrogen) atoms. The zero-order valence-corrected chi connectivity index (χ0v) is 11.6. The molecule has 0 radical (unpaired) electrons. The SMILES string of the molecule is CCCC1(CN)CN(S(=O)(=O)CCC)CCO1. The lowest BCUT2D eigenvalue weighted by Gasteiger charge is -2.41. The summed E-state index contributed by atoms with van der Waals surface area (Å²) < 4.78 is 31.3. The molecule has 0 saturated carbocycles. The molecule has 1 aliphatic heterocycles. The molecular formula is C11H24N2O3S. The van der Waals surface area contributed by atoms with Crippen LogP contribution in [0.3, 0.4) is 0 Å². The van der Waals surface area contributed by atoms with Crippen molar-refractivity contribution in [3.63, 3.8) is 0 Å². The molecule has 1 aliphatic rings. The molecule has 1 fully saturated rings. The number of hydrogen-bond acceptors (Lipinski definition) is 4. The Morgan fingerprint density at radius 1 is 1.35 bits per heavy atom. The van der Waals surface area contributed by atoms with Crippen LogP contribution in [0.2, 0.25) is 0 Å². The van der Waals surface area contributed by atoms with E-state index in [4.69, 9.17) is 10.5 Å². The molecule has 2 N–H and O–H groups in total. The first-order chi connectivity index (χ1) is 7.99. The minimum absolute atomic E-state index is 0.208. The van der Waals surface area contributed by atoms with E-state index in [1.165, 1.54) is 0 Å². The third kappa shape index (κ3) is 3.64. The van der Waals surface area contributed by atoms with E-state index in [9.17, 15) is 8.42 Å². The molecule has 0 aromatic rings. The van der Waals surface area contributed by atoms with Crippen molar-refractivity contribution in [2.75, 3.05) is 32.0 Å². The lowest BCUT2D eigenvalue weighted by atomic mass is 9.97. The molecule has 1 heterocycles. The van der Waals surface area contributed by atoms with Gasteiger partial charge in [-0.15, -0.1) is 0 Å². The van der Waals surface area contributed by atoms with Crippen LogP contribution in [0.4, 0.5) is 0 Å².